The van der Waals surface area contributed by atoms with Crippen molar-refractivity contribution in [1.82, 2.24) is 9.97 Å². The lowest BCUT2D eigenvalue weighted by atomic mass is 10.3. The van der Waals surface area contributed by atoms with Gasteiger partial charge in [0.15, 0.2) is 0 Å². The van der Waals surface area contributed by atoms with Crippen LogP contribution in [0, 0.1) is 12.8 Å². The van der Waals surface area contributed by atoms with Crippen molar-refractivity contribution in [3.63, 3.8) is 0 Å². The minimum Gasteiger partial charge on any atom is -0.242 e. The van der Waals surface area contributed by atoms with Crippen LogP contribution in [0.5, 0.6) is 0 Å². The third-order valence-electron chi connectivity index (χ3n) is 1.56. The monoisotopic (exact) mass is 216 g/mol. The molecule has 0 fully saturated rings. The van der Waals surface area contributed by atoms with Crippen molar-refractivity contribution in [1.29, 1.82) is 0 Å². The molecule has 0 aliphatic heterocycles. The molecule has 2 nitrogen and oxygen atoms in total. The van der Waals surface area contributed by atoms with Gasteiger partial charge in [0.05, 0.1) is 5.03 Å². The lowest BCUT2D eigenvalue weighted by molar-refractivity contribution is 0.758. The number of nitrogens with zero attached hydrogens (tertiary/aromatic N) is 2. The largest absolute Gasteiger partial charge is 0.242 e. The summed E-state index contributed by atoms with van der Waals surface area (Å²) in [6.07, 6.45) is 1.60. The molecule has 0 radical (unpaired) electrons. The molecule has 0 aliphatic carbocycles. The molecule has 0 saturated heterocycles. The van der Waals surface area contributed by atoms with Gasteiger partial charge in [-0.3, -0.25) is 0 Å². The van der Waals surface area contributed by atoms with Crippen molar-refractivity contribution in [3.05, 3.63) is 18.1 Å². The third kappa shape index (κ3) is 3.96. The van der Waals surface area contributed by atoms with Gasteiger partial charge in [0, 0.05) is 17.3 Å². The predicted octanol–water partition coefficient (Wildman–Crippen LogP) is 2.75. The minimum absolute atomic E-state index is 0.530. The van der Waals surface area contributed by atoms with Crippen LogP contribution >= 0.6 is 23.4 Å². The fourth-order valence-electron chi connectivity index (χ4n) is 0.781. The number of thioether (sulfide) groups is 1. The topological polar surface area (TPSA) is 25.8 Å². The summed E-state index contributed by atoms with van der Waals surface area (Å²) in [5, 5.41) is 1.03. The third-order valence-corrected chi connectivity index (χ3v) is 3.34. The molecule has 1 aromatic heterocycles. The van der Waals surface area contributed by atoms with Crippen LogP contribution in [-0.4, -0.2) is 21.6 Å². The summed E-state index contributed by atoms with van der Waals surface area (Å²) < 4.78 is 0. The molecular formula is C9H13ClN2S. The number of aryl methyl sites for hydroxylation is 1. The first-order valence-corrected chi connectivity index (χ1v) is 5.71. The van der Waals surface area contributed by atoms with Crippen LogP contribution in [0.4, 0.5) is 0 Å². The Bertz CT molecular complexity index is 268. The number of hydrogen-bond acceptors (Lipinski definition) is 3. The van der Waals surface area contributed by atoms with Crippen molar-refractivity contribution in [2.75, 3.05) is 11.6 Å². The summed E-state index contributed by atoms with van der Waals surface area (Å²) in [5.74, 6) is 2.25. The van der Waals surface area contributed by atoms with Gasteiger partial charge in [0.25, 0.3) is 0 Å². The van der Waals surface area contributed by atoms with Gasteiger partial charge < -0.3 is 0 Å². The van der Waals surface area contributed by atoms with Crippen molar-refractivity contribution in [2.45, 2.75) is 18.9 Å². The van der Waals surface area contributed by atoms with E-state index in [0.717, 1.165) is 16.5 Å². The highest BCUT2D eigenvalue weighted by Crippen LogP contribution is 2.18. The van der Waals surface area contributed by atoms with E-state index in [9.17, 15) is 0 Å². The van der Waals surface area contributed by atoms with E-state index < -0.39 is 0 Å². The van der Waals surface area contributed by atoms with Crippen molar-refractivity contribution in [3.8, 4) is 0 Å². The first-order chi connectivity index (χ1) is 6.22. The van der Waals surface area contributed by atoms with Gasteiger partial charge in [0.1, 0.15) is 6.33 Å². The van der Waals surface area contributed by atoms with Crippen molar-refractivity contribution in [2.24, 2.45) is 5.92 Å². The number of halogens is 1. The average molecular weight is 217 g/mol. The highest BCUT2D eigenvalue weighted by molar-refractivity contribution is 7.99. The van der Waals surface area contributed by atoms with Gasteiger partial charge in [0.2, 0.25) is 0 Å². The molecule has 0 N–H and O–H groups in total. The fourth-order valence-corrected chi connectivity index (χ4v) is 1.97. The summed E-state index contributed by atoms with van der Waals surface area (Å²) in [5.41, 5.74) is 1.01. The molecule has 1 aromatic rings. The number of rotatable bonds is 4. The Morgan fingerprint density at radius 2 is 2.31 bits per heavy atom. The van der Waals surface area contributed by atoms with E-state index in [-0.39, 0.29) is 0 Å². The van der Waals surface area contributed by atoms with Crippen LogP contribution in [0.2, 0.25) is 0 Å². The van der Waals surface area contributed by atoms with E-state index in [1.54, 1.807) is 18.1 Å². The Labute approximate surface area is 88.1 Å². The van der Waals surface area contributed by atoms with Gasteiger partial charge in [-0.1, -0.05) is 6.92 Å². The lowest BCUT2D eigenvalue weighted by Gasteiger charge is -2.05. The van der Waals surface area contributed by atoms with E-state index >= 15 is 0 Å². The Morgan fingerprint density at radius 1 is 1.54 bits per heavy atom. The lowest BCUT2D eigenvalue weighted by Crippen LogP contribution is -1.99. The van der Waals surface area contributed by atoms with E-state index in [4.69, 9.17) is 11.6 Å². The van der Waals surface area contributed by atoms with Gasteiger partial charge in [-0.15, -0.1) is 23.4 Å². The van der Waals surface area contributed by atoms with Crippen molar-refractivity contribution >= 4 is 23.4 Å². The van der Waals surface area contributed by atoms with E-state index in [0.29, 0.717) is 11.8 Å². The zero-order valence-electron chi connectivity index (χ0n) is 7.83. The maximum absolute atomic E-state index is 5.70. The summed E-state index contributed by atoms with van der Waals surface area (Å²) in [6, 6.07) is 1.99. The minimum atomic E-state index is 0.530. The molecule has 0 saturated carbocycles. The molecule has 0 aromatic carbocycles. The molecule has 0 bridgehead atoms. The maximum atomic E-state index is 5.70. The Balaban J connectivity index is 2.45. The highest BCUT2D eigenvalue weighted by atomic mass is 35.5. The molecule has 13 heavy (non-hydrogen) atoms. The molecule has 1 rings (SSSR count). The zero-order valence-corrected chi connectivity index (χ0v) is 9.40. The van der Waals surface area contributed by atoms with Gasteiger partial charge in [-0.05, 0) is 18.9 Å². The SMILES string of the molecule is Cc1cc(SCC(C)CCl)ncn1. The molecule has 4 heteroatoms. The van der Waals surface area contributed by atoms with Crippen molar-refractivity contribution < 1.29 is 0 Å². The molecule has 1 heterocycles. The number of hydrogen-bond donors (Lipinski definition) is 0. The predicted molar refractivity (Wildman–Crippen MR) is 57.4 cm³/mol. The number of aromatic nitrogens is 2. The molecule has 72 valence electrons. The first-order valence-electron chi connectivity index (χ1n) is 4.19. The molecular weight excluding hydrogens is 204 g/mol. The summed E-state index contributed by atoms with van der Waals surface area (Å²) in [4.78, 5) is 8.19. The zero-order chi connectivity index (χ0) is 9.68. The molecule has 0 amide bonds. The van der Waals surface area contributed by atoms with Gasteiger partial charge in [-0.25, -0.2) is 9.97 Å². The maximum Gasteiger partial charge on any atom is 0.116 e. The fraction of sp³-hybridized carbons (Fsp3) is 0.556. The summed E-state index contributed by atoms with van der Waals surface area (Å²) >= 11 is 7.44. The Morgan fingerprint density at radius 3 is 2.92 bits per heavy atom. The molecule has 0 aliphatic rings. The van der Waals surface area contributed by atoms with E-state index in [1.165, 1.54) is 0 Å². The Hall–Kier alpha value is -0.280. The molecule has 0 spiro atoms. The second kappa shape index (κ2) is 5.45. The van der Waals surface area contributed by atoms with Crippen LogP contribution in [0.15, 0.2) is 17.4 Å². The second-order valence-corrected chi connectivity index (χ2v) is 4.42. The van der Waals surface area contributed by atoms with Crippen LogP contribution in [-0.2, 0) is 0 Å². The average Bonchev–Trinajstić information content (AvgIpc) is 2.14. The van der Waals surface area contributed by atoms with Crippen LogP contribution in [0.3, 0.4) is 0 Å². The molecule has 1 unspecified atom stereocenters. The smallest absolute Gasteiger partial charge is 0.116 e. The van der Waals surface area contributed by atoms with Crippen LogP contribution in [0.1, 0.15) is 12.6 Å². The van der Waals surface area contributed by atoms with E-state index in [1.807, 2.05) is 13.0 Å². The van der Waals surface area contributed by atoms with Gasteiger partial charge >= 0.3 is 0 Å². The number of alkyl halides is 1. The quantitative estimate of drug-likeness (QED) is 0.440. The summed E-state index contributed by atoms with van der Waals surface area (Å²) in [7, 11) is 0. The van der Waals surface area contributed by atoms with Gasteiger partial charge in [-0.2, -0.15) is 0 Å². The second-order valence-electron chi connectivity index (χ2n) is 3.07. The normalized spacial score (nSPS) is 12.8. The van der Waals surface area contributed by atoms with Crippen LogP contribution < -0.4 is 0 Å². The standard InChI is InChI=1S/C9H13ClN2S/c1-7(4-10)5-13-9-3-8(2)11-6-12-9/h3,6-7H,4-5H2,1-2H3. The van der Waals surface area contributed by atoms with E-state index in [2.05, 4.69) is 16.9 Å². The van der Waals surface area contributed by atoms with Crippen LogP contribution in [0.25, 0.3) is 0 Å². The first kappa shape index (κ1) is 10.8. The highest BCUT2D eigenvalue weighted by Gasteiger charge is 2.02. The Kier molecular flexibility index (Phi) is 4.53. The molecule has 1 atom stereocenters. The summed E-state index contributed by atoms with van der Waals surface area (Å²) in [6.45, 7) is 4.10.